The Balaban J connectivity index is 2.07. The smallest absolute Gasteiger partial charge is 0.246 e. The molecule has 0 N–H and O–H groups in total. The molecule has 0 saturated carbocycles. The molecule has 106 valence electrons. The predicted molar refractivity (Wildman–Crippen MR) is 87.8 cm³/mol. The molecule has 4 heteroatoms. The van der Waals surface area contributed by atoms with E-state index in [-0.39, 0.29) is 0 Å². The maximum Gasteiger partial charge on any atom is 0.246 e. The van der Waals surface area contributed by atoms with E-state index in [2.05, 4.69) is 46.0 Å². The Morgan fingerprint density at radius 3 is 2.71 bits per heavy atom. The van der Waals surface area contributed by atoms with E-state index in [0.29, 0.717) is 11.8 Å². The highest BCUT2D eigenvalue weighted by Crippen LogP contribution is 2.34. The molecule has 0 radical (unpaired) electrons. The largest absolute Gasteiger partial charge is 0.437 e. The minimum atomic E-state index is 0.362. The number of fused-ring (bicyclic) bond motifs is 1. The first-order valence-corrected chi connectivity index (χ1v) is 7.62. The molecule has 0 saturated heterocycles. The van der Waals surface area contributed by atoms with Crippen molar-refractivity contribution in [1.82, 2.24) is 10.2 Å². The van der Waals surface area contributed by atoms with Crippen LogP contribution in [0.1, 0.15) is 25.3 Å². The Morgan fingerprint density at radius 1 is 1.10 bits per heavy atom. The molecule has 0 aliphatic rings. The van der Waals surface area contributed by atoms with Gasteiger partial charge >= 0.3 is 0 Å². The van der Waals surface area contributed by atoms with E-state index in [0.717, 1.165) is 26.6 Å². The predicted octanol–water partition coefficient (Wildman–Crippen LogP) is 5.31. The number of nitrogens with zero attached hydrogens (tertiary/aromatic N) is 2. The highest BCUT2D eigenvalue weighted by Gasteiger charge is 2.12. The Morgan fingerprint density at radius 2 is 1.90 bits per heavy atom. The molecule has 2 aromatic carbocycles. The van der Waals surface area contributed by atoms with Crippen molar-refractivity contribution in [1.29, 1.82) is 0 Å². The van der Waals surface area contributed by atoms with Crippen LogP contribution in [-0.4, -0.2) is 10.2 Å². The molecule has 3 nitrogen and oxygen atoms in total. The zero-order valence-corrected chi connectivity index (χ0v) is 13.5. The molecule has 0 atom stereocenters. The van der Waals surface area contributed by atoms with E-state index in [1.54, 1.807) is 6.20 Å². The number of hydrogen-bond acceptors (Lipinski definition) is 3. The summed E-state index contributed by atoms with van der Waals surface area (Å²) in [6, 6.07) is 14.0. The molecular weight excluding hydrogens is 328 g/mol. The van der Waals surface area contributed by atoms with Crippen LogP contribution in [0.25, 0.3) is 10.8 Å². The van der Waals surface area contributed by atoms with Crippen molar-refractivity contribution in [2.75, 3.05) is 0 Å². The molecule has 3 aromatic rings. The molecule has 0 fully saturated rings. The number of rotatable bonds is 3. The first-order valence-electron chi connectivity index (χ1n) is 6.83. The average Bonchev–Trinajstić information content (AvgIpc) is 2.49. The van der Waals surface area contributed by atoms with Gasteiger partial charge in [-0.1, -0.05) is 48.0 Å². The van der Waals surface area contributed by atoms with Crippen molar-refractivity contribution in [3.8, 4) is 11.6 Å². The molecule has 21 heavy (non-hydrogen) atoms. The van der Waals surface area contributed by atoms with Crippen molar-refractivity contribution >= 4 is 26.7 Å². The number of aromatic nitrogens is 2. The zero-order valence-electron chi connectivity index (χ0n) is 11.9. The van der Waals surface area contributed by atoms with Crippen LogP contribution in [0.3, 0.4) is 0 Å². The van der Waals surface area contributed by atoms with Gasteiger partial charge in [-0.2, -0.15) is 5.10 Å². The number of ether oxygens (including phenoxy) is 1. The van der Waals surface area contributed by atoms with Gasteiger partial charge in [0.25, 0.3) is 0 Å². The first-order chi connectivity index (χ1) is 10.1. The van der Waals surface area contributed by atoms with Crippen LogP contribution in [0.5, 0.6) is 11.6 Å². The lowest BCUT2D eigenvalue weighted by Crippen LogP contribution is -1.97. The summed E-state index contributed by atoms with van der Waals surface area (Å²) < 4.78 is 7.09. The molecule has 0 aliphatic heterocycles. The maximum absolute atomic E-state index is 6.04. The van der Waals surface area contributed by atoms with E-state index in [4.69, 9.17) is 4.74 Å². The van der Waals surface area contributed by atoms with Crippen LogP contribution in [0.2, 0.25) is 0 Å². The van der Waals surface area contributed by atoms with E-state index < -0.39 is 0 Å². The number of halogens is 1. The van der Waals surface area contributed by atoms with Crippen molar-refractivity contribution in [3.63, 3.8) is 0 Å². The molecule has 1 heterocycles. The van der Waals surface area contributed by atoms with Crippen molar-refractivity contribution < 1.29 is 4.74 Å². The minimum Gasteiger partial charge on any atom is -0.437 e. The molecule has 0 spiro atoms. The zero-order chi connectivity index (χ0) is 14.8. The third-order valence-corrected chi connectivity index (χ3v) is 3.83. The third kappa shape index (κ3) is 2.90. The topological polar surface area (TPSA) is 35.0 Å². The van der Waals surface area contributed by atoms with E-state index >= 15 is 0 Å². The van der Waals surface area contributed by atoms with Gasteiger partial charge in [-0.05, 0) is 35.7 Å². The van der Waals surface area contributed by atoms with Gasteiger partial charge in [0.1, 0.15) is 5.75 Å². The second-order valence-electron chi connectivity index (χ2n) is 5.18. The van der Waals surface area contributed by atoms with Crippen molar-refractivity contribution in [2.45, 2.75) is 19.8 Å². The van der Waals surface area contributed by atoms with Gasteiger partial charge in [0.15, 0.2) is 0 Å². The summed E-state index contributed by atoms with van der Waals surface area (Å²) in [5, 5.41) is 10.1. The summed E-state index contributed by atoms with van der Waals surface area (Å²) in [4.78, 5) is 0. The lowest BCUT2D eigenvalue weighted by Gasteiger charge is -2.14. The summed E-state index contributed by atoms with van der Waals surface area (Å²) in [6.07, 6.45) is 1.74. The van der Waals surface area contributed by atoms with Crippen LogP contribution < -0.4 is 4.74 Å². The summed E-state index contributed by atoms with van der Waals surface area (Å²) in [5.74, 6) is 1.72. The van der Waals surface area contributed by atoms with Gasteiger partial charge in [-0.25, -0.2) is 0 Å². The standard InChI is InChI=1S/C17H15BrN2O/c1-11(2)15-9-13(18)7-8-16(15)21-17-14-6-4-3-5-12(14)10-19-20-17/h3-11H,1-2H3. The quantitative estimate of drug-likeness (QED) is 0.647. The van der Waals surface area contributed by atoms with Crippen LogP contribution in [0, 0.1) is 0 Å². The second-order valence-corrected chi connectivity index (χ2v) is 6.09. The van der Waals surface area contributed by atoms with Crippen LogP contribution >= 0.6 is 15.9 Å². The number of benzene rings is 2. The van der Waals surface area contributed by atoms with Gasteiger partial charge in [-0.3, -0.25) is 0 Å². The van der Waals surface area contributed by atoms with Crippen LogP contribution in [0.15, 0.2) is 53.1 Å². The Labute approximate surface area is 132 Å². The lowest BCUT2D eigenvalue weighted by molar-refractivity contribution is 0.453. The second kappa shape index (κ2) is 5.82. The number of hydrogen-bond donors (Lipinski definition) is 0. The molecule has 3 rings (SSSR count). The summed E-state index contributed by atoms with van der Waals surface area (Å²) >= 11 is 3.51. The SMILES string of the molecule is CC(C)c1cc(Br)ccc1Oc1nncc2ccccc12. The first kappa shape index (κ1) is 14.0. The van der Waals surface area contributed by atoms with Gasteiger partial charge in [0, 0.05) is 15.2 Å². The normalized spacial score (nSPS) is 11.0. The van der Waals surface area contributed by atoms with Crippen LogP contribution in [-0.2, 0) is 0 Å². The van der Waals surface area contributed by atoms with E-state index in [1.807, 2.05) is 36.4 Å². The fraction of sp³-hybridized carbons (Fsp3) is 0.176. The van der Waals surface area contributed by atoms with Crippen molar-refractivity contribution in [3.05, 3.63) is 58.7 Å². The van der Waals surface area contributed by atoms with E-state index in [9.17, 15) is 0 Å². The lowest BCUT2D eigenvalue weighted by atomic mass is 10.0. The molecule has 0 unspecified atom stereocenters. The molecule has 1 aromatic heterocycles. The molecule has 0 amide bonds. The van der Waals surface area contributed by atoms with Crippen molar-refractivity contribution in [2.24, 2.45) is 0 Å². The highest BCUT2D eigenvalue weighted by molar-refractivity contribution is 9.10. The Hall–Kier alpha value is -1.94. The van der Waals surface area contributed by atoms with Gasteiger partial charge in [0.2, 0.25) is 5.88 Å². The Kier molecular flexibility index (Phi) is 3.88. The maximum atomic E-state index is 6.04. The van der Waals surface area contributed by atoms with Crippen LogP contribution in [0.4, 0.5) is 0 Å². The van der Waals surface area contributed by atoms with Gasteiger partial charge in [0.05, 0.1) is 6.20 Å². The Bertz CT molecular complexity index is 781. The summed E-state index contributed by atoms with van der Waals surface area (Å²) in [6.45, 7) is 4.28. The highest BCUT2D eigenvalue weighted by atomic mass is 79.9. The molecule has 0 bridgehead atoms. The summed E-state index contributed by atoms with van der Waals surface area (Å²) in [5.41, 5.74) is 1.14. The minimum absolute atomic E-state index is 0.362. The summed E-state index contributed by atoms with van der Waals surface area (Å²) in [7, 11) is 0. The average molecular weight is 343 g/mol. The fourth-order valence-corrected chi connectivity index (χ4v) is 2.62. The third-order valence-electron chi connectivity index (χ3n) is 3.34. The van der Waals surface area contributed by atoms with Gasteiger partial charge < -0.3 is 4.74 Å². The van der Waals surface area contributed by atoms with Gasteiger partial charge in [-0.15, -0.1) is 5.10 Å². The monoisotopic (exact) mass is 342 g/mol. The fourth-order valence-electron chi connectivity index (χ4n) is 2.24. The van der Waals surface area contributed by atoms with E-state index in [1.165, 1.54) is 0 Å². The molecule has 0 aliphatic carbocycles. The molecular formula is C17H15BrN2O.